The van der Waals surface area contributed by atoms with Crippen molar-refractivity contribution in [2.75, 3.05) is 40.5 Å². The largest absolute Gasteiger partial charge is 0.493 e. The van der Waals surface area contributed by atoms with E-state index in [9.17, 15) is 19.5 Å². The van der Waals surface area contributed by atoms with Gasteiger partial charge in [-0.3, -0.25) is 19.4 Å². The molecule has 0 radical (unpaired) electrons. The molecule has 2 aromatic rings. The third kappa shape index (κ3) is 5.72. The number of ether oxygens (including phenoxy) is 3. The molecule has 10 heteroatoms. The molecule has 2 aromatic carbocycles. The first-order chi connectivity index (χ1) is 19.2. The van der Waals surface area contributed by atoms with Crippen molar-refractivity contribution in [3.63, 3.8) is 0 Å². The van der Waals surface area contributed by atoms with Crippen LogP contribution in [-0.4, -0.2) is 84.2 Å². The van der Waals surface area contributed by atoms with Gasteiger partial charge in [-0.05, 0) is 54.7 Å². The van der Waals surface area contributed by atoms with Crippen LogP contribution in [0.3, 0.4) is 0 Å². The molecule has 0 spiro atoms. The number of aliphatic carboxylic acids is 1. The van der Waals surface area contributed by atoms with Gasteiger partial charge in [0.25, 0.3) is 0 Å². The fourth-order valence-electron chi connectivity index (χ4n) is 5.71. The molecular weight excluding hydrogens is 514 g/mol. The van der Waals surface area contributed by atoms with Crippen LogP contribution in [0, 0.1) is 5.92 Å². The molecule has 3 aliphatic rings. The second kappa shape index (κ2) is 11.8. The van der Waals surface area contributed by atoms with E-state index in [0.29, 0.717) is 50.5 Å². The first kappa shape index (κ1) is 27.8. The Morgan fingerprint density at radius 2 is 1.95 bits per heavy atom. The van der Waals surface area contributed by atoms with Gasteiger partial charge in [0.1, 0.15) is 12.4 Å². The van der Waals surface area contributed by atoms with Crippen molar-refractivity contribution in [1.29, 1.82) is 0 Å². The molecule has 0 aromatic heterocycles. The van der Waals surface area contributed by atoms with Gasteiger partial charge in [0.2, 0.25) is 5.91 Å². The number of methoxy groups -OCH3 is 1. The van der Waals surface area contributed by atoms with E-state index in [1.807, 2.05) is 24.3 Å². The van der Waals surface area contributed by atoms with Crippen LogP contribution in [-0.2, 0) is 22.6 Å². The number of urea groups is 1. The Kier molecular flexibility index (Phi) is 8.16. The van der Waals surface area contributed by atoms with Gasteiger partial charge < -0.3 is 24.2 Å². The van der Waals surface area contributed by atoms with Crippen LogP contribution in [0.2, 0.25) is 0 Å². The molecule has 1 N–H and O–H groups in total. The molecule has 3 amide bonds. The highest BCUT2D eigenvalue weighted by atomic mass is 16.5. The number of rotatable bonds is 11. The normalized spacial score (nSPS) is 21.1. The van der Waals surface area contributed by atoms with Crippen LogP contribution in [0.1, 0.15) is 48.9 Å². The van der Waals surface area contributed by atoms with Gasteiger partial charge in [0, 0.05) is 45.1 Å². The summed E-state index contributed by atoms with van der Waals surface area (Å²) in [6.07, 6.45) is 2.45. The summed E-state index contributed by atoms with van der Waals surface area (Å²) in [5.41, 5.74) is 3.41. The number of amides is 3. The van der Waals surface area contributed by atoms with Crippen molar-refractivity contribution in [2.24, 2.45) is 5.92 Å². The fourth-order valence-corrected chi connectivity index (χ4v) is 5.71. The van der Waals surface area contributed by atoms with Crippen molar-refractivity contribution < 1.29 is 33.7 Å². The minimum atomic E-state index is -0.735. The molecule has 0 bridgehead atoms. The number of carbonyl (C=O) groups excluding carboxylic acids is 2. The predicted molar refractivity (Wildman–Crippen MR) is 147 cm³/mol. The van der Waals surface area contributed by atoms with Crippen molar-refractivity contribution in [2.45, 2.75) is 51.2 Å². The summed E-state index contributed by atoms with van der Waals surface area (Å²) < 4.78 is 17.2. The number of benzene rings is 2. The number of hydrogen-bond donors (Lipinski definition) is 1. The maximum Gasteiger partial charge on any atom is 0.326 e. The number of hydrogen-bond acceptors (Lipinski definition) is 7. The average molecular weight is 552 g/mol. The van der Waals surface area contributed by atoms with Crippen LogP contribution in [0.15, 0.2) is 36.4 Å². The van der Waals surface area contributed by atoms with E-state index in [2.05, 4.69) is 24.0 Å². The monoisotopic (exact) mass is 551 g/mol. The van der Waals surface area contributed by atoms with Crippen LogP contribution in [0.4, 0.5) is 4.79 Å². The van der Waals surface area contributed by atoms with Gasteiger partial charge in [-0.2, -0.15) is 0 Å². The number of nitrogens with zero attached hydrogens (tertiary/aromatic N) is 3. The van der Waals surface area contributed by atoms with Crippen molar-refractivity contribution in [3.8, 4) is 17.2 Å². The standard InChI is InChI=1S/C30H37N3O7/c1-19(21-5-7-25-22(15-21)9-12-39-25)33(24-16-23(17-24)29(35)36)18-20-4-6-26(27(14-20)38-3)40-13-11-32-28(34)8-10-31(2)30(32)37/h4-7,14-15,19,23-24H,8-13,16-18H2,1-3H3,(H,35,36). The predicted octanol–water partition coefficient (Wildman–Crippen LogP) is 3.72. The zero-order valence-electron chi connectivity index (χ0n) is 23.3. The highest BCUT2D eigenvalue weighted by molar-refractivity contribution is 5.96. The molecule has 1 atom stereocenters. The summed E-state index contributed by atoms with van der Waals surface area (Å²) in [6, 6.07) is 12.0. The first-order valence-corrected chi connectivity index (χ1v) is 13.8. The molecular formula is C30H37N3O7. The fraction of sp³-hybridized carbons (Fsp3) is 0.500. The lowest BCUT2D eigenvalue weighted by molar-refractivity contribution is -0.147. The van der Waals surface area contributed by atoms with Gasteiger partial charge in [-0.1, -0.05) is 18.2 Å². The van der Waals surface area contributed by atoms with E-state index in [4.69, 9.17) is 14.2 Å². The lowest BCUT2D eigenvalue weighted by atomic mass is 9.78. The van der Waals surface area contributed by atoms with Crippen LogP contribution in [0.5, 0.6) is 17.2 Å². The number of carboxylic acid groups (broad SMARTS) is 1. The Morgan fingerprint density at radius 3 is 2.70 bits per heavy atom. The van der Waals surface area contributed by atoms with Gasteiger partial charge in [-0.25, -0.2) is 4.79 Å². The van der Waals surface area contributed by atoms with Gasteiger partial charge in [0.05, 0.1) is 26.2 Å². The highest BCUT2D eigenvalue weighted by Crippen LogP contribution is 2.40. The quantitative estimate of drug-likeness (QED) is 0.450. The van der Waals surface area contributed by atoms with Crippen LogP contribution in [0.25, 0.3) is 0 Å². The smallest absolute Gasteiger partial charge is 0.326 e. The molecule has 1 aliphatic carbocycles. The molecule has 10 nitrogen and oxygen atoms in total. The van der Waals surface area contributed by atoms with Crippen molar-refractivity contribution in [3.05, 3.63) is 53.1 Å². The van der Waals surface area contributed by atoms with Gasteiger partial charge >= 0.3 is 12.0 Å². The first-order valence-electron chi connectivity index (χ1n) is 13.8. The average Bonchev–Trinajstić information content (AvgIpc) is 3.39. The van der Waals surface area contributed by atoms with Crippen LogP contribution < -0.4 is 14.2 Å². The summed E-state index contributed by atoms with van der Waals surface area (Å²) in [7, 11) is 3.26. The number of carboxylic acids is 1. The maximum absolute atomic E-state index is 12.3. The highest BCUT2D eigenvalue weighted by Gasteiger charge is 2.40. The third-order valence-corrected chi connectivity index (χ3v) is 8.31. The van der Waals surface area contributed by atoms with E-state index in [0.717, 1.165) is 17.7 Å². The summed E-state index contributed by atoms with van der Waals surface area (Å²) in [6.45, 7) is 4.24. The molecule has 2 heterocycles. The van der Waals surface area contributed by atoms with Gasteiger partial charge in [-0.15, -0.1) is 0 Å². The van der Waals surface area contributed by atoms with E-state index >= 15 is 0 Å². The Balaban J connectivity index is 1.28. The van der Waals surface area contributed by atoms with E-state index < -0.39 is 5.97 Å². The summed E-state index contributed by atoms with van der Waals surface area (Å²) >= 11 is 0. The topological polar surface area (TPSA) is 109 Å². The lowest BCUT2D eigenvalue weighted by Crippen LogP contribution is -2.51. The molecule has 1 saturated heterocycles. The minimum absolute atomic E-state index is 0.0744. The molecule has 214 valence electrons. The number of fused-ring (bicyclic) bond motifs is 1. The van der Waals surface area contributed by atoms with Crippen molar-refractivity contribution >= 4 is 17.9 Å². The Bertz CT molecular complexity index is 1280. The lowest BCUT2D eigenvalue weighted by Gasteiger charge is -2.44. The molecule has 5 rings (SSSR count). The Hall–Kier alpha value is -3.79. The van der Waals surface area contributed by atoms with Crippen LogP contribution >= 0.6 is 0 Å². The molecule has 1 unspecified atom stereocenters. The Labute approximate surface area is 234 Å². The van der Waals surface area contributed by atoms with E-state index in [1.165, 1.54) is 20.9 Å². The van der Waals surface area contributed by atoms with Crippen molar-refractivity contribution in [1.82, 2.24) is 14.7 Å². The van der Waals surface area contributed by atoms with Gasteiger partial charge in [0.15, 0.2) is 11.5 Å². The summed E-state index contributed by atoms with van der Waals surface area (Å²) in [5, 5.41) is 9.47. The summed E-state index contributed by atoms with van der Waals surface area (Å²) in [4.78, 5) is 41.1. The summed E-state index contributed by atoms with van der Waals surface area (Å²) in [5.74, 6) is 0.798. The second-order valence-corrected chi connectivity index (χ2v) is 10.8. The van der Waals surface area contributed by atoms with E-state index in [1.54, 1.807) is 14.2 Å². The number of imide groups is 1. The van der Waals surface area contributed by atoms with E-state index in [-0.39, 0.29) is 43.1 Å². The molecule has 2 aliphatic heterocycles. The zero-order valence-corrected chi connectivity index (χ0v) is 23.3. The third-order valence-electron chi connectivity index (χ3n) is 8.31. The molecule has 2 fully saturated rings. The second-order valence-electron chi connectivity index (χ2n) is 10.8. The SMILES string of the molecule is COc1cc(CN(C2CC(C(=O)O)C2)C(C)c2ccc3c(c2)CCO3)ccc1OCCN1C(=O)CCN(C)C1=O. The zero-order chi connectivity index (χ0) is 28.4. The molecule has 1 saturated carbocycles. The Morgan fingerprint density at radius 1 is 1.15 bits per heavy atom. The molecule has 40 heavy (non-hydrogen) atoms. The number of carbonyl (C=O) groups is 3. The minimum Gasteiger partial charge on any atom is -0.493 e. The maximum atomic E-state index is 12.3.